The van der Waals surface area contributed by atoms with Crippen LogP contribution in [0, 0.1) is 11.8 Å². The van der Waals surface area contributed by atoms with Crippen LogP contribution in [0.1, 0.15) is 31.2 Å². The van der Waals surface area contributed by atoms with Crippen LogP contribution in [0.3, 0.4) is 0 Å². The zero-order valence-electron chi connectivity index (χ0n) is 12.0. The van der Waals surface area contributed by atoms with E-state index in [0.717, 1.165) is 26.1 Å². The minimum absolute atomic E-state index is 0.148. The van der Waals surface area contributed by atoms with Crippen molar-refractivity contribution in [1.82, 2.24) is 0 Å². The Labute approximate surface area is 120 Å². The van der Waals surface area contributed by atoms with Crippen molar-refractivity contribution in [2.75, 3.05) is 20.3 Å². The molecule has 0 N–H and O–H groups in total. The lowest BCUT2D eigenvalue weighted by atomic mass is 9.57. The molecule has 20 heavy (non-hydrogen) atoms. The molecule has 3 saturated carbocycles. The molecule has 1 spiro atoms. The van der Waals surface area contributed by atoms with E-state index < -0.39 is 0 Å². The van der Waals surface area contributed by atoms with E-state index in [0.29, 0.717) is 11.8 Å². The third-order valence-corrected chi connectivity index (χ3v) is 5.63. The van der Waals surface area contributed by atoms with Crippen LogP contribution in [0.4, 0.5) is 0 Å². The van der Waals surface area contributed by atoms with Crippen molar-refractivity contribution in [1.29, 1.82) is 0 Å². The standard InChI is InChI=1S/C17H22O3/c1-18-16(13-5-3-2-4-6-13)11-15-8-7-14(16)12-17(15)19-9-10-20-17/h2-6,14-15H,7-12H2,1H3/t14-,15-,16+/m1/s1. The van der Waals surface area contributed by atoms with E-state index in [1.165, 1.54) is 18.4 Å². The summed E-state index contributed by atoms with van der Waals surface area (Å²) in [6.45, 7) is 1.49. The van der Waals surface area contributed by atoms with Crippen molar-refractivity contribution in [3.63, 3.8) is 0 Å². The SMILES string of the molecule is CO[C@]1(c2ccccc2)C[C@H]2CC[C@@H]1CC21OCCO1. The van der Waals surface area contributed by atoms with Gasteiger partial charge in [-0.15, -0.1) is 0 Å². The van der Waals surface area contributed by atoms with Crippen molar-refractivity contribution >= 4 is 0 Å². The molecule has 3 atom stereocenters. The van der Waals surface area contributed by atoms with Crippen LogP contribution in [0.25, 0.3) is 0 Å². The van der Waals surface area contributed by atoms with Gasteiger partial charge in [0.2, 0.25) is 0 Å². The summed E-state index contributed by atoms with van der Waals surface area (Å²) in [4.78, 5) is 0. The van der Waals surface area contributed by atoms with Gasteiger partial charge in [-0.1, -0.05) is 30.3 Å². The third kappa shape index (κ3) is 1.63. The maximum atomic E-state index is 6.09. The van der Waals surface area contributed by atoms with Crippen LogP contribution in [-0.4, -0.2) is 26.1 Å². The van der Waals surface area contributed by atoms with Gasteiger partial charge in [0, 0.05) is 19.4 Å². The minimum Gasteiger partial charge on any atom is -0.373 e. The highest BCUT2D eigenvalue weighted by Crippen LogP contribution is 2.59. The molecule has 1 heterocycles. The second-order valence-corrected chi connectivity index (χ2v) is 6.35. The largest absolute Gasteiger partial charge is 0.373 e. The summed E-state index contributed by atoms with van der Waals surface area (Å²) >= 11 is 0. The molecule has 5 rings (SSSR count). The van der Waals surface area contributed by atoms with Gasteiger partial charge in [-0.05, 0) is 30.7 Å². The summed E-state index contributed by atoms with van der Waals surface area (Å²) in [5, 5.41) is 0. The highest BCUT2D eigenvalue weighted by molar-refractivity contribution is 5.27. The van der Waals surface area contributed by atoms with E-state index in [4.69, 9.17) is 14.2 Å². The van der Waals surface area contributed by atoms with Crippen LogP contribution >= 0.6 is 0 Å². The van der Waals surface area contributed by atoms with E-state index in [2.05, 4.69) is 30.3 Å². The maximum absolute atomic E-state index is 6.09. The number of hydrogen-bond acceptors (Lipinski definition) is 3. The molecule has 4 aliphatic rings. The molecule has 0 aromatic heterocycles. The summed E-state index contributed by atoms with van der Waals surface area (Å²) < 4.78 is 18.1. The van der Waals surface area contributed by atoms with Gasteiger partial charge in [-0.25, -0.2) is 0 Å². The van der Waals surface area contributed by atoms with Crippen molar-refractivity contribution in [2.24, 2.45) is 11.8 Å². The molecule has 1 saturated heterocycles. The Morgan fingerprint density at radius 3 is 2.30 bits per heavy atom. The van der Waals surface area contributed by atoms with Gasteiger partial charge in [-0.3, -0.25) is 0 Å². The number of rotatable bonds is 2. The summed E-state index contributed by atoms with van der Waals surface area (Å²) in [5.41, 5.74) is 1.16. The first-order valence-corrected chi connectivity index (χ1v) is 7.68. The summed E-state index contributed by atoms with van der Waals surface area (Å²) in [5.74, 6) is 0.632. The maximum Gasteiger partial charge on any atom is 0.171 e. The lowest BCUT2D eigenvalue weighted by Gasteiger charge is -2.57. The molecule has 3 heteroatoms. The number of methoxy groups -OCH3 is 1. The molecule has 0 radical (unpaired) electrons. The topological polar surface area (TPSA) is 27.7 Å². The van der Waals surface area contributed by atoms with E-state index >= 15 is 0 Å². The van der Waals surface area contributed by atoms with Gasteiger partial charge >= 0.3 is 0 Å². The zero-order chi connectivity index (χ0) is 13.6. The van der Waals surface area contributed by atoms with Crippen LogP contribution in [-0.2, 0) is 19.8 Å². The molecular formula is C17H22O3. The van der Waals surface area contributed by atoms with Gasteiger partial charge in [-0.2, -0.15) is 0 Å². The minimum atomic E-state index is -0.306. The van der Waals surface area contributed by atoms with E-state index in [-0.39, 0.29) is 11.4 Å². The fraction of sp³-hybridized carbons (Fsp3) is 0.647. The van der Waals surface area contributed by atoms with Gasteiger partial charge in [0.1, 0.15) is 0 Å². The smallest absolute Gasteiger partial charge is 0.171 e. The molecule has 1 aromatic carbocycles. The molecule has 3 nitrogen and oxygen atoms in total. The first kappa shape index (κ1) is 12.8. The normalized spacial score (nSPS) is 38.5. The number of fused-ring (bicyclic) bond motifs is 2. The predicted molar refractivity (Wildman–Crippen MR) is 75.2 cm³/mol. The van der Waals surface area contributed by atoms with Gasteiger partial charge in [0.25, 0.3) is 0 Å². The number of benzene rings is 1. The quantitative estimate of drug-likeness (QED) is 0.829. The predicted octanol–water partition coefficient (Wildman–Crippen LogP) is 3.09. The lowest BCUT2D eigenvalue weighted by Crippen LogP contribution is -2.58. The monoisotopic (exact) mass is 274 g/mol. The second kappa shape index (κ2) is 4.55. The number of hydrogen-bond donors (Lipinski definition) is 0. The molecule has 0 amide bonds. The summed E-state index contributed by atoms with van der Waals surface area (Å²) in [7, 11) is 1.86. The Hall–Kier alpha value is -0.900. The van der Waals surface area contributed by atoms with Crippen molar-refractivity contribution < 1.29 is 14.2 Å². The molecule has 1 aromatic rings. The van der Waals surface area contributed by atoms with E-state index in [9.17, 15) is 0 Å². The van der Waals surface area contributed by atoms with Crippen LogP contribution in [0.5, 0.6) is 0 Å². The Kier molecular flexibility index (Phi) is 2.92. The van der Waals surface area contributed by atoms with E-state index in [1.54, 1.807) is 0 Å². The van der Waals surface area contributed by atoms with Crippen LogP contribution in [0.2, 0.25) is 0 Å². The lowest BCUT2D eigenvalue weighted by molar-refractivity contribution is -0.285. The summed E-state index contributed by atoms with van der Waals surface area (Å²) in [6.07, 6.45) is 4.39. The Bertz CT molecular complexity index is 480. The highest BCUT2D eigenvalue weighted by atomic mass is 16.7. The fourth-order valence-electron chi connectivity index (χ4n) is 4.69. The molecule has 1 aliphatic heterocycles. The summed E-state index contributed by atoms with van der Waals surface area (Å²) in [6, 6.07) is 10.7. The van der Waals surface area contributed by atoms with Gasteiger partial charge in [0.15, 0.2) is 5.79 Å². The highest BCUT2D eigenvalue weighted by Gasteiger charge is 2.61. The fourth-order valence-corrected chi connectivity index (χ4v) is 4.69. The molecule has 4 fully saturated rings. The molecule has 3 aliphatic carbocycles. The molecule has 0 unspecified atom stereocenters. The van der Waals surface area contributed by atoms with Crippen molar-refractivity contribution in [3.05, 3.63) is 35.9 Å². The van der Waals surface area contributed by atoms with Gasteiger partial charge in [0.05, 0.1) is 18.8 Å². The molecular weight excluding hydrogens is 252 g/mol. The van der Waals surface area contributed by atoms with Crippen molar-refractivity contribution in [3.8, 4) is 0 Å². The Balaban J connectivity index is 1.71. The second-order valence-electron chi connectivity index (χ2n) is 6.35. The zero-order valence-corrected chi connectivity index (χ0v) is 12.0. The van der Waals surface area contributed by atoms with Crippen LogP contribution in [0.15, 0.2) is 30.3 Å². The van der Waals surface area contributed by atoms with Gasteiger partial charge < -0.3 is 14.2 Å². The Morgan fingerprint density at radius 2 is 1.70 bits per heavy atom. The Morgan fingerprint density at radius 1 is 1.00 bits per heavy atom. The third-order valence-electron chi connectivity index (χ3n) is 5.63. The average Bonchev–Trinajstić information content (AvgIpc) is 2.97. The number of ether oxygens (including phenoxy) is 3. The molecule has 2 bridgehead atoms. The first-order chi connectivity index (χ1) is 9.79. The van der Waals surface area contributed by atoms with E-state index in [1.807, 2.05) is 7.11 Å². The first-order valence-electron chi connectivity index (χ1n) is 7.68. The van der Waals surface area contributed by atoms with Crippen molar-refractivity contribution in [2.45, 2.75) is 37.1 Å². The van der Waals surface area contributed by atoms with Crippen LogP contribution < -0.4 is 0 Å². The average molecular weight is 274 g/mol. The molecule has 108 valence electrons.